The van der Waals surface area contributed by atoms with E-state index in [2.05, 4.69) is 38.3 Å². The molecule has 1 aromatic heterocycles. The number of hydrogen-bond acceptors (Lipinski definition) is 5. The second kappa shape index (κ2) is 11.7. The first kappa shape index (κ1) is 26.6. The van der Waals surface area contributed by atoms with E-state index in [1.54, 1.807) is 18.2 Å². The van der Waals surface area contributed by atoms with Gasteiger partial charge in [-0.1, -0.05) is 47.1 Å². The Morgan fingerprint density at radius 2 is 1.86 bits per heavy atom. The molecule has 2 heterocycles. The Morgan fingerprint density at radius 3 is 2.61 bits per heavy atom. The highest BCUT2D eigenvalue weighted by Gasteiger charge is 2.25. The Kier molecular flexibility index (Phi) is 8.66. The lowest BCUT2D eigenvalue weighted by atomic mass is 10.1. The summed E-state index contributed by atoms with van der Waals surface area (Å²) in [5.74, 6) is 0.135. The van der Waals surface area contributed by atoms with Gasteiger partial charge in [0.05, 0.1) is 17.0 Å². The van der Waals surface area contributed by atoms with E-state index < -0.39 is 10.0 Å². The van der Waals surface area contributed by atoms with Crippen molar-refractivity contribution >= 4 is 31.9 Å². The summed E-state index contributed by atoms with van der Waals surface area (Å²) in [6.07, 6.45) is 4.47. The molecule has 192 valence electrons. The SMILES string of the molecule is CCc1cc(Br)ccc1S(=O)(=O)N(C)Cc1cc(C(=O)NCc2cccc(CN3CCCC3)c2)co1. The molecule has 1 aliphatic rings. The van der Waals surface area contributed by atoms with E-state index >= 15 is 0 Å². The number of amides is 1. The molecule has 4 rings (SSSR count). The Labute approximate surface area is 221 Å². The third kappa shape index (κ3) is 6.45. The number of furan rings is 1. The third-order valence-corrected chi connectivity index (χ3v) is 8.83. The largest absolute Gasteiger partial charge is 0.467 e. The Balaban J connectivity index is 1.35. The zero-order valence-electron chi connectivity index (χ0n) is 20.7. The van der Waals surface area contributed by atoms with Crippen molar-refractivity contribution in [2.75, 3.05) is 20.1 Å². The van der Waals surface area contributed by atoms with Crippen LogP contribution in [-0.4, -0.2) is 43.7 Å². The third-order valence-electron chi connectivity index (χ3n) is 6.44. The molecule has 1 N–H and O–H groups in total. The highest BCUT2D eigenvalue weighted by atomic mass is 79.9. The minimum absolute atomic E-state index is 0.0212. The number of carbonyl (C=O) groups is 1. The molecule has 0 aliphatic carbocycles. The lowest BCUT2D eigenvalue weighted by Crippen LogP contribution is -2.27. The molecule has 2 aromatic carbocycles. The van der Waals surface area contributed by atoms with Crippen LogP contribution in [0, 0.1) is 0 Å². The Morgan fingerprint density at radius 1 is 1.11 bits per heavy atom. The minimum atomic E-state index is -3.72. The van der Waals surface area contributed by atoms with Crippen LogP contribution in [0.2, 0.25) is 0 Å². The van der Waals surface area contributed by atoms with Gasteiger partial charge >= 0.3 is 0 Å². The molecule has 0 unspecified atom stereocenters. The highest BCUT2D eigenvalue weighted by Crippen LogP contribution is 2.25. The van der Waals surface area contributed by atoms with Crippen molar-refractivity contribution in [3.8, 4) is 0 Å². The van der Waals surface area contributed by atoms with Crippen molar-refractivity contribution in [1.29, 1.82) is 0 Å². The van der Waals surface area contributed by atoms with Gasteiger partial charge in [0.25, 0.3) is 5.91 Å². The predicted octanol–water partition coefficient (Wildman–Crippen LogP) is 4.95. The maximum Gasteiger partial charge on any atom is 0.254 e. The number of carbonyl (C=O) groups excluding carboxylic acids is 1. The number of nitrogens with one attached hydrogen (secondary N) is 1. The number of likely N-dealkylation sites (tertiary alicyclic amines) is 1. The smallest absolute Gasteiger partial charge is 0.254 e. The number of aryl methyl sites for hydroxylation is 1. The second-order valence-electron chi connectivity index (χ2n) is 9.15. The van der Waals surface area contributed by atoms with Gasteiger partial charge in [0.2, 0.25) is 10.0 Å². The molecule has 36 heavy (non-hydrogen) atoms. The van der Waals surface area contributed by atoms with Gasteiger partial charge < -0.3 is 9.73 Å². The van der Waals surface area contributed by atoms with Crippen molar-refractivity contribution in [3.63, 3.8) is 0 Å². The summed E-state index contributed by atoms with van der Waals surface area (Å²) in [5.41, 5.74) is 3.38. The zero-order valence-corrected chi connectivity index (χ0v) is 23.1. The number of benzene rings is 2. The predicted molar refractivity (Wildman–Crippen MR) is 143 cm³/mol. The number of hydrogen-bond donors (Lipinski definition) is 1. The van der Waals surface area contributed by atoms with Crippen LogP contribution in [0.5, 0.6) is 0 Å². The minimum Gasteiger partial charge on any atom is -0.467 e. The van der Waals surface area contributed by atoms with Gasteiger partial charge in [-0.15, -0.1) is 0 Å². The van der Waals surface area contributed by atoms with Gasteiger partial charge in [-0.3, -0.25) is 9.69 Å². The molecule has 0 radical (unpaired) electrons. The molecule has 0 spiro atoms. The summed E-state index contributed by atoms with van der Waals surface area (Å²) in [6, 6.07) is 15.0. The van der Waals surface area contributed by atoms with Crippen LogP contribution in [0.3, 0.4) is 0 Å². The van der Waals surface area contributed by atoms with E-state index in [0.717, 1.165) is 35.2 Å². The van der Waals surface area contributed by atoms with Crippen LogP contribution >= 0.6 is 15.9 Å². The number of nitrogens with zero attached hydrogens (tertiary/aromatic N) is 2. The highest BCUT2D eigenvalue weighted by molar-refractivity contribution is 9.10. The van der Waals surface area contributed by atoms with Gasteiger partial charge in [-0.25, -0.2) is 8.42 Å². The van der Waals surface area contributed by atoms with Gasteiger partial charge in [0, 0.05) is 24.6 Å². The Hall–Kier alpha value is -2.46. The maximum absolute atomic E-state index is 13.2. The first-order chi connectivity index (χ1) is 17.3. The molecule has 3 aromatic rings. The van der Waals surface area contributed by atoms with E-state index in [0.29, 0.717) is 24.3 Å². The Bertz CT molecular complexity index is 1320. The van der Waals surface area contributed by atoms with Gasteiger partial charge in [0.15, 0.2) is 0 Å². The van der Waals surface area contributed by atoms with Crippen molar-refractivity contribution < 1.29 is 17.6 Å². The lowest BCUT2D eigenvalue weighted by Gasteiger charge is -2.18. The molecule has 1 amide bonds. The number of rotatable bonds is 10. The molecule has 0 bridgehead atoms. The van der Waals surface area contributed by atoms with E-state index in [1.807, 2.05) is 25.1 Å². The average Bonchev–Trinajstić information content (AvgIpc) is 3.55. The fourth-order valence-electron chi connectivity index (χ4n) is 4.45. The van der Waals surface area contributed by atoms with Crippen LogP contribution < -0.4 is 5.32 Å². The summed E-state index contributed by atoms with van der Waals surface area (Å²) in [4.78, 5) is 15.4. The zero-order chi connectivity index (χ0) is 25.7. The molecule has 0 atom stereocenters. The van der Waals surface area contributed by atoms with E-state index in [9.17, 15) is 13.2 Å². The van der Waals surface area contributed by atoms with Gasteiger partial charge in [-0.05, 0) is 73.3 Å². The van der Waals surface area contributed by atoms with Gasteiger partial charge in [-0.2, -0.15) is 4.31 Å². The molecule has 1 fully saturated rings. The van der Waals surface area contributed by atoms with E-state index in [1.165, 1.54) is 36.0 Å². The summed E-state index contributed by atoms with van der Waals surface area (Å²) in [7, 11) is -2.21. The number of halogens is 1. The molecular formula is C27H32BrN3O4S. The first-order valence-electron chi connectivity index (χ1n) is 12.2. The molecular weight excluding hydrogens is 542 g/mol. The summed E-state index contributed by atoms with van der Waals surface area (Å²) < 4.78 is 33.9. The lowest BCUT2D eigenvalue weighted by molar-refractivity contribution is 0.0950. The summed E-state index contributed by atoms with van der Waals surface area (Å²) in [5, 5.41) is 2.93. The average molecular weight is 575 g/mol. The van der Waals surface area contributed by atoms with Crippen LogP contribution in [-0.2, 0) is 36.1 Å². The van der Waals surface area contributed by atoms with Crippen LogP contribution in [0.15, 0.2) is 68.6 Å². The quantitative estimate of drug-likeness (QED) is 0.371. The molecule has 1 aliphatic heterocycles. The molecule has 7 nitrogen and oxygen atoms in total. The summed E-state index contributed by atoms with van der Waals surface area (Å²) >= 11 is 3.40. The normalized spacial score (nSPS) is 14.4. The maximum atomic E-state index is 13.2. The molecule has 9 heteroatoms. The van der Waals surface area contributed by atoms with Crippen LogP contribution in [0.1, 0.15) is 52.6 Å². The fraction of sp³-hybridized carbons (Fsp3) is 0.370. The van der Waals surface area contributed by atoms with Crippen molar-refractivity contribution in [1.82, 2.24) is 14.5 Å². The second-order valence-corrected chi connectivity index (χ2v) is 12.1. The van der Waals surface area contributed by atoms with Crippen LogP contribution in [0.4, 0.5) is 0 Å². The number of sulfonamides is 1. The van der Waals surface area contributed by atoms with E-state index in [-0.39, 0.29) is 17.3 Å². The molecule has 1 saturated heterocycles. The molecule has 0 saturated carbocycles. The van der Waals surface area contributed by atoms with Crippen molar-refractivity contribution in [3.05, 3.63) is 87.3 Å². The van der Waals surface area contributed by atoms with Crippen molar-refractivity contribution in [2.24, 2.45) is 0 Å². The van der Waals surface area contributed by atoms with Gasteiger partial charge in [0.1, 0.15) is 12.0 Å². The van der Waals surface area contributed by atoms with E-state index in [4.69, 9.17) is 4.42 Å². The van der Waals surface area contributed by atoms with Crippen LogP contribution in [0.25, 0.3) is 0 Å². The monoisotopic (exact) mass is 573 g/mol. The standard InChI is InChI=1S/C27H32BrN3O4S/c1-3-22-14-24(28)9-10-26(22)36(33,34)30(2)18-25-15-23(19-35-25)27(32)29-16-20-7-6-8-21(13-20)17-31-11-4-5-12-31/h6-10,13-15,19H,3-5,11-12,16-18H2,1-2H3,(H,29,32). The van der Waals surface area contributed by atoms with Crippen molar-refractivity contribution in [2.45, 2.75) is 50.7 Å². The first-order valence-corrected chi connectivity index (χ1v) is 14.4. The summed E-state index contributed by atoms with van der Waals surface area (Å²) in [6.45, 7) is 5.57. The topological polar surface area (TPSA) is 82.9 Å². The fourth-order valence-corrected chi connectivity index (χ4v) is 6.27.